The first-order chi connectivity index (χ1) is 13.2. The van der Waals surface area contributed by atoms with Gasteiger partial charge >= 0.3 is 6.03 Å². The highest BCUT2D eigenvalue weighted by Crippen LogP contribution is 2.47. The van der Waals surface area contributed by atoms with Crippen molar-refractivity contribution in [1.29, 1.82) is 0 Å². The molecule has 5 nitrogen and oxygen atoms in total. The highest BCUT2D eigenvalue weighted by Gasteiger charge is 2.44. The Hall–Kier alpha value is -2.53. The minimum atomic E-state index is -0.144. The van der Waals surface area contributed by atoms with Crippen LogP contribution in [-0.2, 0) is 10.2 Å². The summed E-state index contributed by atoms with van der Waals surface area (Å²) in [5.41, 5.74) is 4.59. The van der Waals surface area contributed by atoms with E-state index in [1.807, 2.05) is 18.2 Å². The van der Waals surface area contributed by atoms with Crippen molar-refractivity contribution in [2.75, 3.05) is 43.1 Å². The van der Waals surface area contributed by atoms with Gasteiger partial charge in [-0.2, -0.15) is 0 Å². The molecule has 142 valence electrons. The second-order valence-electron chi connectivity index (χ2n) is 7.57. The number of aryl methyl sites for hydroxylation is 1. The van der Waals surface area contributed by atoms with E-state index in [9.17, 15) is 4.79 Å². The summed E-state index contributed by atoms with van der Waals surface area (Å²) >= 11 is 0. The maximum absolute atomic E-state index is 12.5. The van der Waals surface area contributed by atoms with Crippen LogP contribution in [0.5, 0.6) is 0 Å². The predicted octanol–water partition coefficient (Wildman–Crippen LogP) is 3.68. The van der Waals surface area contributed by atoms with Crippen LogP contribution < -0.4 is 15.5 Å². The van der Waals surface area contributed by atoms with E-state index in [2.05, 4.69) is 52.8 Å². The fraction of sp³-hybridized carbons (Fsp3) is 0.409. The van der Waals surface area contributed by atoms with Crippen molar-refractivity contribution in [3.05, 3.63) is 59.7 Å². The first-order valence-electron chi connectivity index (χ1n) is 9.70. The van der Waals surface area contributed by atoms with Gasteiger partial charge in [-0.05, 0) is 37.5 Å². The normalized spacial score (nSPS) is 18.0. The third-order valence-corrected chi connectivity index (χ3v) is 5.61. The number of urea groups is 1. The van der Waals surface area contributed by atoms with Gasteiger partial charge in [0.15, 0.2) is 0 Å². The van der Waals surface area contributed by atoms with Crippen molar-refractivity contribution in [2.45, 2.75) is 25.2 Å². The van der Waals surface area contributed by atoms with Crippen LogP contribution in [-0.4, -0.2) is 38.9 Å². The molecule has 5 heteroatoms. The molecule has 1 aliphatic carbocycles. The predicted molar refractivity (Wildman–Crippen MR) is 109 cm³/mol. The van der Waals surface area contributed by atoms with Gasteiger partial charge in [0.05, 0.1) is 24.6 Å². The lowest BCUT2D eigenvalue weighted by molar-refractivity contribution is 0.123. The molecule has 1 saturated carbocycles. The largest absolute Gasteiger partial charge is 0.378 e. The van der Waals surface area contributed by atoms with Gasteiger partial charge in [-0.25, -0.2) is 4.79 Å². The number of amides is 2. The lowest BCUT2D eigenvalue weighted by Gasteiger charge is -2.30. The maximum Gasteiger partial charge on any atom is 0.319 e. The van der Waals surface area contributed by atoms with Crippen molar-refractivity contribution >= 4 is 17.4 Å². The zero-order valence-corrected chi connectivity index (χ0v) is 15.8. The van der Waals surface area contributed by atoms with E-state index >= 15 is 0 Å². The fourth-order valence-corrected chi connectivity index (χ4v) is 3.70. The van der Waals surface area contributed by atoms with Gasteiger partial charge in [-0.15, -0.1) is 0 Å². The Balaban J connectivity index is 1.38. The summed E-state index contributed by atoms with van der Waals surface area (Å²) in [5, 5.41) is 6.12. The van der Waals surface area contributed by atoms with Gasteiger partial charge in [0.1, 0.15) is 0 Å². The summed E-state index contributed by atoms with van der Waals surface area (Å²) in [5.74, 6) is 0. The number of para-hydroxylation sites is 2. The number of nitrogens with zero attached hydrogens (tertiary/aromatic N) is 1. The SMILES string of the molecule is Cc1ccc(C2(CNC(=O)Nc3ccccc3N3CCOCC3)CC2)cc1. The Morgan fingerprint density at radius 2 is 1.78 bits per heavy atom. The molecule has 2 amide bonds. The second-order valence-corrected chi connectivity index (χ2v) is 7.57. The zero-order valence-electron chi connectivity index (χ0n) is 15.8. The Bertz CT molecular complexity index is 793. The molecule has 2 aromatic rings. The van der Waals surface area contributed by atoms with Crippen molar-refractivity contribution in [2.24, 2.45) is 0 Å². The van der Waals surface area contributed by atoms with E-state index in [1.165, 1.54) is 11.1 Å². The summed E-state index contributed by atoms with van der Waals surface area (Å²) < 4.78 is 5.43. The van der Waals surface area contributed by atoms with Crippen LogP contribution in [0.25, 0.3) is 0 Å². The first-order valence-corrected chi connectivity index (χ1v) is 9.70. The third-order valence-electron chi connectivity index (χ3n) is 5.61. The number of anilines is 2. The summed E-state index contributed by atoms with van der Waals surface area (Å²) in [6.45, 7) is 5.90. The van der Waals surface area contributed by atoms with Gasteiger partial charge in [-0.3, -0.25) is 0 Å². The molecule has 4 rings (SSSR count). The van der Waals surface area contributed by atoms with E-state index in [4.69, 9.17) is 4.74 Å². The van der Waals surface area contributed by atoms with Gasteiger partial charge in [0.2, 0.25) is 0 Å². The summed E-state index contributed by atoms with van der Waals surface area (Å²) in [6.07, 6.45) is 2.25. The number of nitrogens with one attached hydrogen (secondary N) is 2. The zero-order chi connectivity index (χ0) is 18.7. The molecule has 2 fully saturated rings. The van der Waals surface area contributed by atoms with Crippen LogP contribution in [0.1, 0.15) is 24.0 Å². The molecule has 0 radical (unpaired) electrons. The molecule has 27 heavy (non-hydrogen) atoms. The molecular weight excluding hydrogens is 338 g/mol. The molecule has 0 unspecified atom stereocenters. The van der Waals surface area contributed by atoms with Crippen LogP contribution in [0.15, 0.2) is 48.5 Å². The molecular formula is C22H27N3O2. The molecule has 2 N–H and O–H groups in total. The van der Waals surface area contributed by atoms with Crippen molar-refractivity contribution < 1.29 is 9.53 Å². The quantitative estimate of drug-likeness (QED) is 0.850. The molecule has 2 aliphatic rings. The molecule has 1 aliphatic heterocycles. The number of hydrogen-bond acceptors (Lipinski definition) is 3. The molecule has 0 aromatic heterocycles. The Morgan fingerprint density at radius 3 is 2.48 bits per heavy atom. The minimum Gasteiger partial charge on any atom is -0.378 e. The van der Waals surface area contributed by atoms with E-state index in [1.54, 1.807) is 0 Å². The summed E-state index contributed by atoms with van der Waals surface area (Å²) in [4.78, 5) is 14.8. The number of hydrogen-bond donors (Lipinski definition) is 2. The van der Waals surface area contributed by atoms with E-state index in [0.717, 1.165) is 50.5 Å². The van der Waals surface area contributed by atoms with Gasteiger partial charge < -0.3 is 20.3 Å². The van der Waals surface area contributed by atoms with Crippen LogP contribution in [0.4, 0.5) is 16.2 Å². The Labute approximate surface area is 160 Å². The monoisotopic (exact) mass is 365 g/mol. The summed E-state index contributed by atoms with van der Waals surface area (Å²) in [7, 11) is 0. The molecule has 0 atom stereocenters. The number of ether oxygens (including phenoxy) is 1. The Kier molecular flexibility index (Phi) is 5.03. The van der Waals surface area contributed by atoms with Crippen LogP contribution in [0.3, 0.4) is 0 Å². The van der Waals surface area contributed by atoms with E-state index in [0.29, 0.717) is 6.54 Å². The van der Waals surface area contributed by atoms with Crippen molar-refractivity contribution in [3.63, 3.8) is 0 Å². The topological polar surface area (TPSA) is 53.6 Å². The summed E-state index contributed by atoms with van der Waals surface area (Å²) in [6, 6.07) is 16.5. The molecule has 1 saturated heterocycles. The lowest BCUT2D eigenvalue weighted by atomic mass is 9.95. The van der Waals surface area contributed by atoms with Gasteiger partial charge in [0, 0.05) is 25.0 Å². The van der Waals surface area contributed by atoms with E-state index < -0.39 is 0 Å². The highest BCUT2D eigenvalue weighted by atomic mass is 16.5. The average molecular weight is 365 g/mol. The second kappa shape index (κ2) is 7.61. The molecule has 0 spiro atoms. The van der Waals surface area contributed by atoms with Crippen LogP contribution >= 0.6 is 0 Å². The first kappa shape index (κ1) is 17.9. The van der Waals surface area contributed by atoms with Gasteiger partial charge in [0.25, 0.3) is 0 Å². The van der Waals surface area contributed by atoms with Gasteiger partial charge in [-0.1, -0.05) is 42.0 Å². The lowest BCUT2D eigenvalue weighted by Crippen LogP contribution is -2.38. The number of morpholine rings is 1. The minimum absolute atomic E-state index is 0.106. The van der Waals surface area contributed by atoms with Crippen LogP contribution in [0, 0.1) is 6.92 Å². The number of benzene rings is 2. The Morgan fingerprint density at radius 1 is 1.07 bits per heavy atom. The molecule has 0 bridgehead atoms. The smallest absolute Gasteiger partial charge is 0.319 e. The van der Waals surface area contributed by atoms with Crippen molar-refractivity contribution in [1.82, 2.24) is 5.32 Å². The maximum atomic E-state index is 12.5. The van der Waals surface area contributed by atoms with Crippen LogP contribution in [0.2, 0.25) is 0 Å². The van der Waals surface area contributed by atoms with E-state index in [-0.39, 0.29) is 11.4 Å². The number of carbonyl (C=O) groups is 1. The highest BCUT2D eigenvalue weighted by molar-refractivity contribution is 5.93. The third kappa shape index (κ3) is 4.08. The standard InChI is InChI=1S/C22H27N3O2/c1-17-6-8-18(9-7-17)22(10-11-22)16-23-21(26)24-19-4-2-3-5-20(19)25-12-14-27-15-13-25/h2-9H,10-16H2,1H3,(H2,23,24,26). The molecule has 1 heterocycles. The van der Waals surface area contributed by atoms with Crippen molar-refractivity contribution in [3.8, 4) is 0 Å². The molecule has 2 aromatic carbocycles. The average Bonchev–Trinajstić information content (AvgIpc) is 3.49. The fourth-order valence-electron chi connectivity index (χ4n) is 3.70. The number of carbonyl (C=O) groups excluding carboxylic acids is 1. The number of rotatable bonds is 5.